The molecule has 0 aromatic heterocycles. The van der Waals surface area contributed by atoms with E-state index in [9.17, 15) is 14.0 Å². The molecule has 0 unspecified atom stereocenters. The number of hydrogen-bond acceptors (Lipinski definition) is 3. The molecule has 4 rings (SSSR count). The second-order valence-corrected chi connectivity index (χ2v) is 9.21. The monoisotopic (exact) mass is 426 g/mol. The van der Waals surface area contributed by atoms with E-state index in [0.29, 0.717) is 23.8 Å². The average molecular weight is 427 g/mol. The lowest BCUT2D eigenvalue weighted by molar-refractivity contribution is -0.125. The third-order valence-electron chi connectivity index (χ3n) is 6.03. The zero-order chi connectivity index (χ0) is 20.9. The number of amides is 2. The van der Waals surface area contributed by atoms with Gasteiger partial charge in [0.15, 0.2) is 0 Å². The summed E-state index contributed by atoms with van der Waals surface area (Å²) in [5, 5.41) is 3.00. The molecule has 2 aromatic carbocycles. The number of nitrogens with zero attached hydrogens (tertiary/aromatic N) is 1. The number of carbonyl (C=O) groups excluding carboxylic acids is 2. The first-order chi connectivity index (χ1) is 14.6. The summed E-state index contributed by atoms with van der Waals surface area (Å²) >= 11 is 1.71. The molecule has 1 aliphatic carbocycles. The van der Waals surface area contributed by atoms with Crippen molar-refractivity contribution in [2.24, 2.45) is 5.92 Å². The van der Waals surface area contributed by atoms with Gasteiger partial charge in [0.2, 0.25) is 5.91 Å². The van der Waals surface area contributed by atoms with Crippen molar-refractivity contribution in [2.75, 3.05) is 5.75 Å². The van der Waals surface area contributed by atoms with E-state index in [1.165, 1.54) is 43.5 Å². The fourth-order valence-corrected chi connectivity index (χ4v) is 6.05. The first-order valence-corrected chi connectivity index (χ1v) is 11.7. The van der Waals surface area contributed by atoms with Crippen LogP contribution in [0.25, 0.3) is 0 Å². The number of hydrogen-bond donors (Lipinski definition) is 1. The van der Waals surface area contributed by atoms with Gasteiger partial charge in [-0.3, -0.25) is 9.59 Å². The summed E-state index contributed by atoms with van der Waals surface area (Å²) in [7, 11) is 0. The molecule has 6 heteroatoms. The van der Waals surface area contributed by atoms with Gasteiger partial charge in [-0.15, -0.1) is 11.8 Å². The Morgan fingerprint density at radius 3 is 2.40 bits per heavy atom. The molecule has 2 aliphatic rings. The maximum Gasteiger partial charge on any atom is 0.255 e. The van der Waals surface area contributed by atoms with Crippen LogP contribution in [0, 0.1) is 11.7 Å². The summed E-state index contributed by atoms with van der Waals surface area (Å²) < 4.78 is 13.4. The first-order valence-electron chi connectivity index (χ1n) is 10.6. The van der Waals surface area contributed by atoms with Crippen LogP contribution in [0.15, 0.2) is 54.6 Å². The minimum atomic E-state index is -0.511. The predicted octanol–water partition coefficient (Wildman–Crippen LogP) is 4.61. The molecular weight excluding hydrogens is 399 g/mol. The van der Waals surface area contributed by atoms with Gasteiger partial charge in [-0.05, 0) is 48.6 Å². The number of halogens is 1. The van der Waals surface area contributed by atoms with E-state index in [1.807, 2.05) is 30.3 Å². The van der Waals surface area contributed by atoms with Gasteiger partial charge in [0.1, 0.15) is 11.9 Å². The maximum atomic E-state index is 13.4. The van der Waals surface area contributed by atoms with Crippen molar-refractivity contribution in [3.05, 3.63) is 71.5 Å². The largest absolute Gasteiger partial charge is 0.350 e. The van der Waals surface area contributed by atoms with Crippen LogP contribution in [-0.2, 0) is 11.3 Å². The fourth-order valence-electron chi connectivity index (χ4n) is 4.41. The lowest BCUT2D eigenvalue weighted by atomic mass is 9.88. The lowest BCUT2D eigenvalue weighted by Gasteiger charge is -2.35. The molecule has 2 fully saturated rings. The van der Waals surface area contributed by atoms with Crippen molar-refractivity contribution >= 4 is 23.6 Å². The summed E-state index contributed by atoms with van der Waals surface area (Å²) in [5.74, 6) is 0.313. The summed E-state index contributed by atoms with van der Waals surface area (Å²) in [6.45, 7) is 0.438. The number of nitrogens with one attached hydrogen (secondary N) is 1. The topological polar surface area (TPSA) is 49.4 Å². The molecule has 30 heavy (non-hydrogen) atoms. The quantitative estimate of drug-likeness (QED) is 0.760. The molecule has 2 aromatic rings. The standard InChI is InChI=1S/C24H27FN2O2S/c25-20-13-11-18(12-14-20)23(29)27-21(16-30-24(27)19-9-5-2-6-10-19)22(28)26-15-17-7-3-1-4-8-17/h1,3-4,7-8,11-14,19,21,24H,2,5-6,9-10,15-16H2,(H,26,28)/t21-,24+/m1/s1. The summed E-state index contributed by atoms with van der Waals surface area (Å²) in [6, 6.07) is 14.9. The Hall–Kier alpha value is -2.34. The zero-order valence-electron chi connectivity index (χ0n) is 16.9. The highest BCUT2D eigenvalue weighted by Crippen LogP contribution is 2.41. The third-order valence-corrected chi connectivity index (χ3v) is 7.49. The second kappa shape index (κ2) is 9.65. The van der Waals surface area contributed by atoms with E-state index in [0.717, 1.165) is 18.4 Å². The van der Waals surface area contributed by atoms with Crippen LogP contribution in [0.2, 0.25) is 0 Å². The molecule has 2 atom stereocenters. The Kier molecular flexibility index (Phi) is 6.72. The van der Waals surface area contributed by atoms with Crippen molar-refractivity contribution < 1.29 is 14.0 Å². The Morgan fingerprint density at radius 1 is 1.00 bits per heavy atom. The van der Waals surface area contributed by atoms with Crippen molar-refractivity contribution in [1.82, 2.24) is 10.2 Å². The highest BCUT2D eigenvalue weighted by Gasteiger charge is 2.45. The van der Waals surface area contributed by atoms with E-state index >= 15 is 0 Å². The predicted molar refractivity (Wildman–Crippen MR) is 117 cm³/mol. The van der Waals surface area contributed by atoms with Crippen LogP contribution in [0.3, 0.4) is 0 Å². The van der Waals surface area contributed by atoms with Gasteiger partial charge >= 0.3 is 0 Å². The maximum absolute atomic E-state index is 13.4. The number of benzene rings is 2. The van der Waals surface area contributed by atoms with Crippen LogP contribution in [0.4, 0.5) is 4.39 Å². The van der Waals surface area contributed by atoms with Gasteiger partial charge in [-0.25, -0.2) is 4.39 Å². The number of carbonyl (C=O) groups is 2. The van der Waals surface area contributed by atoms with Gasteiger partial charge in [0.25, 0.3) is 5.91 Å². The van der Waals surface area contributed by atoms with E-state index < -0.39 is 6.04 Å². The Morgan fingerprint density at radius 2 is 1.70 bits per heavy atom. The smallest absolute Gasteiger partial charge is 0.255 e. The van der Waals surface area contributed by atoms with Crippen molar-refractivity contribution in [2.45, 2.75) is 50.1 Å². The Labute approximate surface area is 181 Å². The normalized spacial score (nSPS) is 22.1. The van der Waals surface area contributed by atoms with Gasteiger partial charge < -0.3 is 10.2 Å². The van der Waals surface area contributed by atoms with E-state index in [-0.39, 0.29) is 23.0 Å². The van der Waals surface area contributed by atoms with Crippen LogP contribution in [0.5, 0.6) is 0 Å². The van der Waals surface area contributed by atoms with E-state index in [2.05, 4.69) is 5.32 Å². The molecule has 0 bridgehead atoms. The molecule has 1 aliphatic heterocycles. The molecule has 1 N–H and O–H groups in total. The molecule has 2 amide bonds. The molecule has 1 saturated heterocycles. The van der Waals surface area contributed by atoms with Crippen molar-refractivity contribution in [1.29, 1.82) is 0 Å². The highest BCUT2D eigenvalue weighted by molar-refractivity contribution is 8.00. The Balaban J connectivity index is 1.53. The molecular formula is C24H27FN2O2S. The molecule has 1 saturated carbocycles. The molecule has 0 spiro atoms. The number of rotatable bonds is 5. The van der Waals surface area contributed by atoms with Gasteiger partial charge in [-0.2, -0.15) is 0 Å². The summed E-state index contributed by atoms with van der Waals surface area (Å²) in [5.41, 5.74) is 1.46. The summed E-state index contributed by atoms with van der Waals surface area (Å²) in [6.07, 6.45) is 5.75. The third kappa shape index (κ3) is 4.69. The molecule has 1 heterocycles. The molecule has 4 nitrogen and oxygen atoms in total. The Bertz CT molecular complexity index is 869. The van der Waals surface area contributed by atoms with Crippen LogP contribution >= 0.6 is 11.8 Å². The first kappa shape index (κ1) is 20.9. The minimum absolute atomic E-state index is 0.00433. The molecule has 158 valence electrons. The molecule has 0 radical (unpaired) electrons. The van der Waals surface area contributed by atoms with Crippen LogP contribution < -0.4 is 5.32 Å². The highest BCUT2D eigenvalue weighted by atomic mass is 32.2. The van der Waals surface area contributed by atoms with Crippen LogP contribution in [0.1, 0.15) is 48.0 Å². The minimum Gasteiger partial charge on any atom is -0.350 e. The van der Waals surface area contributed by atoms with Crippen molar-refractivity contribution in [3.8, 4) is 0 Å². The van der Waals surface area contributed by atoms with Crippen molar-refractivity contribution in [3.63, 3.8) is 0 Å². The van der Waals surface area contributed by atoms with Gasteiger partial charge in [-0.1, -0.05) is 49.6 Å². The lowest BCUT2D eigenvalue weighted by Crippen LogP contribution is -2.51. The van der Waals surface area contributed by atoms with E-state index in [4.69, 9.17) is 0 Å². The van der Waals surface area contributed by atoms with Gasteiger partial charge in [0, 0.05) is 17.9 Å². The second-order valence-electron chi connectivity index (χ2n) is 8.06. The van der Waals surface area contributed by atoms with E-state index in [1.54, 1.807) is 16.7 Å². The summed E-state index contributed by atoms with van der Waals surface area (Å²) in [4.78, 5) is 28.3. The number of thioether (sulfide) groups is 1. The zero-order valence-corrected chi connectivity index (χ0v) is 17.7. The fraction of sp³-hybridized carbons (Fsp3) is 0.417. The van der Waals surface area contributed by atoms with Gasteiger partial charge in [0.05, 0.1) is 5.37 Å². The van der Waals surface area contributed by atoms with Crippen LogP contribution in [-0.4, -0.2) is 33.9 Å². The average Bonchev–Trinajstić information content (AvgIpc) is 3.24. The SMILES string of the molecule is O=C(NCc1ccccc1)[C@H]1CS[C@@H](C2CCCCC2)N1C(=O)c1ccc(F)cc1.